The minimum absolute atomic E-state index is 0.620. The number of aliphatic hydroxyl groups is 1. The fraction of sp³-hybridized carbons (Fsp3) is 0.571. The van der Waals surface area contributed by atoms with Crippen LogP contribution in [0.1, 0.15) is 20.3 Å². The minimum Gasteiger partial charge on any atom is -0.379 e. The molecular formula is C7H13NO2. The molecule has 3 nitrogen and oxygen atoms in total. The Labute approximate surface area is 60.5 Å². The highest BCUT2D eigenvalue weighted by Gasteiger charge is 2.11. The van der Waals surface area contributed by atoms with E-state index in [1.807, 2.05) is 6.92 Å². The van der Waals surface area contributed by atoms with Crippen LogP contribution >= 0.6 is 0 Å². The summed E-state index contributed by atoms with van der Waals surface area (Å²) in [6.45, 7) is 3.61. The lowest BCUT2D eigenvalue weighted by Crippen LogP contribution is -2.28. The summed E-state index contributed by atoms with van der Waals surface area (Å²) in [5.74, 6) is -0.692. The minimum atomic E-state index is -1.11. The Morgan fingerprint density at radius 2 is 2.30 bits per heavy atom. The molecule has 0 aromatic rings. The van der Waals surface area contributed by atoms with Crippen molar-refractivity contribution in [2.75, 3.05) is 0 Å². The highest BCUT2D eigenvalue weighted by Crippen LogP contribution is 2.00. The predicted octanol–water partition coefficient (Wildman–Crippen LogP) is 0.189. The van der Waals surface area contributed by atoms with E-state index in [1.54, 1.807) is 13.0 Å². The Bertz CT molecular complexity index is 152. The highest BCUT2D eigenvalue weighted by atomic mass is 16.3. The van der Waals surface area contributed by atoms with E-state index in [2.05, 4.69) is 0 Å². The zero-order valence-corrected chi connectivity index (χ0v) is 6.29. The lowest BCUT2D eigenvalue weighted by atomic mass is 10.1. The molecule has 10 heavy (non-hydrogen) atoms. The molecule has 1 atom stereocenters. The van der Waals surface area contributed by atoms with Crippen molar-refractivity contribution < 1.29 is 9.90 Å². The molecule has 0 aromatic heterocycles. The number of hydrogen-bond donors (Lipinski definition) is 2. The molecule has 0 heterocycles. The molecule has 58 valence electrons. The second-order valence-corrected chi connectivity index (χ2v) is 2.16. The number of nitrogens with two attached hydrogens (primary N) is 1. The summed E-state index contributed by atoms with van der Waals surface area (Å²) >= 11 is 0. The SMILES string of the molecule is CC/C=C(\C)C(O)C(N)=O. The quantitative estimate of drug-likeness (QED) is 0.554. The number of allylic oxidation sites excluding steroid dienone is 1. The number of carbonyl (C=O) groups is 1. The van der Waals surface area contributed by atoms with Crippen molar-refractivity contribution in [1.29, 1.82) is 0 Å². The molecular weight excluding hydrogens is 130 g/mol. The van der Waals surface area contributed by atoms with Gasteiger partial charge in [-0.05, 0) is 18.9 Å². The van der Waals surface area contributed by atoms with Gasteiger partial charge < -0.3 is 10.8 Å². The molecule has 0 aliphatic carbocycles. The van der Waals surface area contributed by atoms with Crippen LogP contribution in [0.2, 0.25) is 0 Å². The van der Waals surface area contributed by atoms with Gasteiger partial charge in [-0.25, -0.2) is 0 Å². The lowest BCUT2D eigenvalue weighted by Gasteiger charge is -2.04. The van der Waals surface area contributed by atoms with Gasteiger partial charge in [0.1, 0.15) is 0 Å². The average molecular weight is 143 g/mol. The third-order valence-corrected chi connectivity index (χ3v) is 1.23. The van der Waals surface area contributed by atoms with E-state index in [0.29, 0.717) is 5.57 Å². The second kappa shape index (κ2) is 4.06. The van der Waals surface area contributed by atoms with E-state index < -0.39 is 12.0 Å². The third-order valence-electron chi connectivity index (χ3n) is 1.23. The Hall–Kier alpha value is -0.830. The van der Waals surface area contributed by atoms with Gasteiger partial charge in [-0.3, -0.25) is 4.79 Å². The molecule has 1 amide bonds. The standard InChI is InChI=1S/C7H13NO2/c1-3-4-5(2)6(9)7(8)10/h4,6,9H,3H2,1-2H3,(H2,8,10)/b5-4+. The molecule has 0 bridgehead atoms. The fourth-order valence-corrected chi connectivity index (χ4v) is 0.658. The third kappa shape index (κ3) is 2.64. The first-order valence-electron chi connectivity index (χ1n) is 3.23. The van der Waals surface area contributed by atoms with Gasteiger partial charge in [0.25, 0.3) is 5.91 Å². The van der Waals surface area contributed by atoms with Crippen molar-refractivity contribution in [2.45, 2.75) is 26.4 Å². The van der Waals surface area contributed by atoms with Gasteiger partial charge >= 0.3 is 0 Å². The largest absolute Gasteiger partial charge is 0.379 e. The summed E-state index contributed by atoms with van der Waals surface area (Å²) in [6.07, 6.45) is 1.46. The van der Waals surface area contributed by atoms with Gasteiger partial charge in [0.2, 0.25) is 0 Å². The van der Waals surface area contributed by atoms with Gasteiger partial charge in [-0.1, -0.05) is 13.0 Å². The number of rotatable bonds is 3. The zero-order valence-electron chi connectivity index (χ0n) is 6.29. The Kier molecular flexibility index (Phi) is 3.72. The molecule has 0 saturated carbocycles. The molecule has 0 aromatic carbocycles. The summed E-state index contributed by atoms with van der Waals surface area (Å²) in [4.78, 5) is 10.3. The van der Waals surface area contributed by atoms with Gasteiger partial charge in [0, 0.05) is 0 Å². The maximum Gasteiger partial charge on any atom is 0.250 e. The maximum absolute atomic E-state index is 10.3. The lowest BCUT2D eigenvalue weighted by molar-refractivity contribution is -0.124. The first-order valence-corrected chi connectivity index (χ1v) is 3.23. The van der Waals surface area contributed by atoms with Crippen molar-refractivity contribution in [2.24, 2.45) is 5.73 Å². The Morgan fingerprint density at radius 3 is 2.60 bits per heavy atom. The molecule has 0 aliphatic rings. The van der Waals surface area contributed by atoms with Crippen LogP contribution in [0.15, 0.2) is 11.6 Å². The molecule has 1 unspecified atom stereocenters. The van der Waals surface area contributed by atoms with Crippen LogP contribution in [-0.2, 0) is 4.79 Å². The maximum atomic E-state index is 10.3. The van der Waals surface area contributed by atoms with Gasteiger partial charge in [0.15, 0.2) is 6.10 Å². The van der Waals surface area contributed by atoms with E-state index in [0.717, 1.165) is 6.42 Å². The second-order valence-electron chi connectivity index (χ2n) is 2.16. The van der Waals surface area contributed by atoms with Crippen LogP contribution in [0, 0.1) is 0 Å². The normalized spacial score (nSPS) is 14.9. The number of carbonyl (C=O) groups excluding carboxylic acids is 1. The van der Waals surface area contributed by atoms with E-state index >= 15 is 0 Å². The van der Waals surface area contributed by atoms with Crippen LogP contribution in [0.4, 0.5) is 0 Å². The monoisotopic (exact) mass is 143 g/mol. The molecule has 3 heteroatoms. The molecule has 0 fully saturated rings. The van der Waals surface area contributed by atoms with Crippen molar-refractivity contribution in [3.63, 3.8) is 0 Å². The molecule has 0 aliphatic heterocycles. The molecule has 0 saturated heterocycles. The van der Waals surface area contributed by atoms with Crippen molar-refractivity contribution in [3.05, 3.63) is 11.6 Å². The highest BCUT2D eigenvalue weighted by molar-refractivity contribution is 5.81. The topological polar surface area (TPSA) is 63.3 Å². The number of aliphatic hydroxyl groups excluding tert-OH is 1. The molecule has 3 N–H and O–H groups in total. The van der Waals surface area contributed by atoms with Crippen LogP contribution in [-0.4, -0.2) is 17.1 Å². The van der Waals surface area contributed by atoms with Crippen molar-refractivity contribution in [1.82, 2.24) is 0 Å². The molecule has 0 radical (unpaired) electrons. The van der Waals surface area contributed by atoms with Crippen LogP contribution in [0.3, 0.4) is 0 Å². The average Bonchev–Trinajstić information content (AvgIpc) is 1.87. The van der Waals surface area contributed by atoms with E-state index in [4.69, 9.17) is 10.8 Å². The Morgan fingerprint density at radius 1 is 1.80 bits per heavy atom. The molecule has 0 spiro atoms. The molecule has 0 rings (SSSR count). The van der Waals surface area contributed by atoms with Crippen molar-refractivity contribution >= 4 is 5.91 Å². The van der Waals surface area contributed by atoms with E-state index in [-0.39, 0.29) is 0 Å². The summed E-state index contributed by atoms with van der Waals surface area (Å²) in [6, 6.07) is 0. The first kappa shape index (κ1) is 9.17. The number of hydrogen-bond acceptors (Lipinski definition) is 2. The van der Waals surface area contributed by atoms with Gasteiger partial charge in [-0.2, -0.15) is 0 Å². The number of amides is 1. The van der Waals surface area contributed by atoms with E-state index in [9.17, 15) is 4.79 Å². The zero-order chi connectivity index (χ0) is 8.15. The predicted molar refractivity (Wildman–Crippen MR) is 39.2 cm³/mol. The van der Waals surface area contributed by atoms with Crippen molar-refractivity contribution in [3.8, 4) is 0 Å². The Balaban J connectivity index is 4.06. The summed E-state index contributed by atoms with van der Waals surface area (Å²) in [7, 11) is 0. The number of primary amides is 1. The summed E-state index contributed by atoms with van der Waals surface area (Å²) in [5, 5.41) is 8.98. The van der Waals surface area contributed by atoms with Gasteiger partial charge in [-0.15, -0.1) is 0 Å². The fourth-order valence-electron chi connectivity index (χ4n) is 0.658. The van der Waals surface area contributed by atoms with Crippen LogP contribution in [0.5, 0.6) is 0 Å². The summed E-state index contributed by atoms with van der Waals surface area (Å²) in [5.41, 5.74) is 5.46. The van der Waals surface area contributed by atoms with Crippen LogP contribution < -0.4 is 5.73 Å². The first-order chi connectivity index (χ1) is 4.59. The van der Waals surface area contributed by atoms with Gasteiger partial charge in [0.05, 0.1) is 0 Å². The van der Waals surface area contributed by atoms with Crippen LogP contribution in [0.25, 0.3) is 0 Å². The smallest absolute Gasteiger partial charge is 0.250 e. The van der Waals surface area contributed by atoms with E-state index in [1.165, 1.54) is 0 Å². The summed E-state index contributed by atoms with van der Waals surface area (Å²) < 4.78 is 0.